The Morgan fingerprint density at radius 1 is 0.833 bits per heavy atom. The van der Waals surface area contributed by atoms with Gasteiger partial charge < -0.3 is 4.74 Å². The molecule has 0 unspecified atom stereocenters. The van der Waals surface area contributed by atoms with Crippen LogP contribution in [0.1, 0.15) is 58.8 Å². The Kier molecular flexibility index (Phi) is 4.67. The summed E-state index contributed by atoms with van der Waals surface area (Å²) >= 11 is 0. The van der Waals surface area contributed by atoms with E-state index in [1.54, 1.807) is 0 Å². The van der Waals surface area contributed by atoms with Crippen LogP contribution in [-0.4, -0.2) is 12.2 Å². The molecule has 0 aromatic carbocycles. The van der Waals surface area contributed by atoms with Gasteiger partial charge in [-0.25, -0.2) is 0 Å². The molecule has 0 radical (unpaired) electrons. The summed E-state index contributed by atoms with van der Waals surface area (Å²) in [5, 5.41) is 0. The lowest BCUT2D eigenvalue weighted by Crippen LogP contribution is -1.93. The van der Waals surface area contributed by atoms with Crippen LogP contribution in [0, 0.1) is 0 Å². The molecule has 0 bridgehead atoms. The third kappa shape index (κ3) is 3.57. The average molecular weight is 170 g/mol. The van der Waals surface area contributed by atoms with Gasteiger partial charge in [-0.1, -0.05) is 46.0 Å². The van der Waals surface area contributed by atoms with Gasteiger partial charge in [-0.05, 0) is 12.8 Å². The minimum atomic E-state index is 0.636. The average Bonchev–Trinajstić information content (AvgIpc) is 2.79. The Balaban J connectivity index is 1.83. The standard InChI is InChI=1S/C11H22O/c1-3-5-6-7-9-11-10(12-11)8-4-2/h10-11H,3-9H2,1-2H3/t10-,11-/m0/s1. The first-order valence-electron chi connectivity index (χ1n) is 5.54. The maximum absolute atomic E-state index is 5.54. The maximum Gasteiger partial charge on any atom is 0.0841 e. The molecule has 0 saturated carbocycles. The number of ether oxygens (including phenoxy) is 1. The van der Waals surface area contributed by atoms with E-state index in [4.69, 9.17) is 4.74 Å². The molecule has 0 amide bonds. The molecule has 72 valence electrons. The highest BCUT2D eigenvalue weighted by molar-refractivity contribution is 4.83. The lowest BCUT2D eigenvalue weighted by Gasteiger charge is -1.95. The SMILES string of the molecule is CCCCCC[C@@H]1O[C@H]1CCC. The van der Waals surface area contributed by atoms with Crippen molar-refractivity contribution in [3.05, 3.63) is 0 Å². The highest BCUT2D eigenvalue weighted by Gasteiger charge is 2.36. The minimum absolute atomic E-state index is 0.636. The maximum atomic E-state index is 5.54. The van der Waals surface area contributed by atoms with Gasteiger partial charge in [-0.3, -0.25) is 0 Å². The summed E-state index contributed by atoms with van der Waals surface area (Å²) in [7, 11) is 0. The van der Waals surface area contributed by atoms with E-state index < -0.39 is 0 Å². The van der Waals surface area contributed by atoms with Gasteiger partial charge in [0.05, 0.1) is 12.2 Å². The van der Waals surface area contributed by atoms with E-state index in [0.29, 0.717) is 12.2 Å². The third-order valence-corrected chi connectivity index (χ3v) is 2.60. The molecule has 1 saturated heterocycles. The highest BCUT2D eigenvalue weighted by atomic mass is 16.6. The van der Waals surface area contributed by atoms with E-state index in [1.807, 2.05) is 0 Å². The van der Waals surface area contributed by atoms with Crippen molar-refractivity contribution in [2.45, 2.75) is 71.0 Å². The van der Waals surface area contributed by atoms with Gasteiger partial charge in [0.1, 0.15) is 0 Å². The summed E-state index contributed by atoms with van der Waals surface area (Å²) in [4.78, 5) is 0. The Bertz CT molecular complexity index is 112. The highest BCUT2D eigenvalue weighted by Crippen LogP contribution is 2.30. The Hall–Kier alpha value is -0.0400. The zero-order valence-corrected chi connectivity index (χ0v) is 8.51. The quantitative estimate of drug-likeness (QED) is 0.420. The predicted octanol–water partition coefficient (Wildman–Crippen LogP) is 3.52. The van der Waals surface area contributed by atoms with Gasteiger partial charge in [0.2, 0.25) is 0 Å². The monoisotopic (exact) mass is 170 g/mol. The molecule has 1 heterocycles. The van der Waals surface area contributed by atoms with Gasteiger partial charge in [-0.15, -0.1) is 0 Å². The number of unbranched alkanes of at least 4 members (excludes halogenated alkanes) is 3. The van der Waals surface area contributed by atoms with E-state index in [1.165, 1.54) is 44.9 Å². The van der Waals surface area contributed by atoms with Crippen molar-refractivity contribution in [1.82, 2.24) is 0 Å². The molecule has 1 fully saturated rings. The number of hydrogen-bond donors (Lipinski definition) is 0. The summed E-state index contributed by atoms with van der Waals surface area (Å²) in [6, 6.07) is 0. The molecule has 1 nitrogen and oxygen atoms in total. The molecule has 0 spiro atoms. The lowest BCUT2D eigenvalue weighted by molar-refractivity contribution is 0.351. The summed E-state index contributed by atoms with van der Waals surface area (Å²) in [6.07, 6.45) is 10.6. The molecule has 1 aliphatic heterocycles. The summed E-state index contributed by atoms with van der Waals surface area (Å²) in [6.45, 7) is 4.49. The molecule has 1 heteroatoms. The number of rotatable bonds is 7. The van der Waals surface area contributed by atoms with Crippen molar-refractivity contribution in [3.63, 3.8) is 0 Å². The largest absolute Gasteiger partial charge is 0.370 e. The lowest BCUT2D eigenvalue weighted by atomic mass is 10.1. The van der Waals surface area contributed by atoms with Crippen molar-refractivity contribution in [2.24, 2.45) is 0 Å². The molecule has 2 atom stereocenters. The van der Waals surface area contributed by atoms with Gasteiger partial charge in [0.25, 0.3) is 0 Å². The van der Waals surface area contributed by atoms with Crippen molar-refractivity contribution >= 4 is 0 Å². The molecule has 12 heavy (non-hydrogen) atoms. The Morgan fingerprint density at radius 2 is 1.58 bits per heavy atom. The van der Waals surface area contributed by atoms with Crippen molar-refractivity contribution < 1.29 is 4.74 Å². The topological polar surface area (TPSA) is 12.5 Å². The molecular weight excluding hydrogens is 148 g/mol. The first-order valence-corrected chi connectivity index (χ1v) is 5.54. The van der Waals surface area contributed by atoms with Crippen LogP contribution in [0.3, 0.4) is 0 Å². The first kappa shape index (κ1) is 10.0. The van der Waals surface area contributed by atoms with Crippen LogP contribution in [-0.2, 0) is 4.74 Å². The summed E-state index contributed by atoms with van der Waals surface area (Å²) in [5.41, 5.74) is 0. The van der Waals surface area contributed by atoms with Crippen LogP contribution in [0.25, 0.3) is 0 Å². The summed E-state index contributed by atoms with van der Waals surface area (Å²) in [5.74, 6) is 0. The summed E-state index contributed by atoms with van der Waals surface area (Å²) < 4.78 is 5.54. The van der Waals surface area contributed by atoms with Crippen LogP contribution in [0.2, 0.25) is 0 Å². The van der Waals surface area contributed by atoms with Crippen LogP contribution in [0.4, 0.5) is 0 Å². The van der Waals surface area contributed by atoms with Crippen LogP contribution in [0.5, 0.6) is 0 Å². The van der Waals surface area contributed by atoms with E-state index in [-0.39, 0.29) is 0 Å². The third-order valence-electron chi connectivity index (χ3n) is 2.60. The molecule has 0 N–H and O–H groups in total. The van der Waals surface area contributed by atoms with Crippen LogP contribution >= 0.6 is 0 Å². The second-order valence-corrected chi connectivity index (χ2v) is 3.85. The van der Waals surface area contributed by atoms with Gasteiger partial charge in [-0.2, -0.15) is 0 Å². The van der Waals surface area contributed by atoms with Crippen LogP contribution in [0.15, 0.2) is 0 Å². The first-order chi connectivity index (χ1) is 5.88. The van der Waals surface area contributed by atoms with Crippen LogP contribution < -0.4 is 0 Å². The molecule has 0 aromatic heterocycles. The number of epoxide rings is 1. The zero-order chi connectivity index (χ0) is 8.81. The smallest absolute Gasteiger partial charge is 0.0841 e. The van der Waals surface area contributed by atoms with Crippen molar-refractivity contribution in [2.75, 3.05) is 0 Å². The van der Waals surface area contributed by atoms with Gasteiger partial charge in [0.15, 0.2) is 0 Å². The fourth-order valence-corrected chi connectivity index (χ4v) is 1.74. The molecular formula is C11H22O. The zero-order valence-electron chi connectivity index (χ0n) is 8.51. The Morgan fingerprint density at radius 3 is 2.25 bits per heavy atom. The van der Waals surface area contributed by atoms with E-state index in [0.717, 1.165) is 0 Å². The predicted molar refractivity (Wildman–Crippen MR) is 52.3 cm³/mol. The molecule has 0 aromatic rings. The Labute approximate surface area is 76.5 Å². The fraction of sp³-hybridized carbons (Fsp3) is 1.00. The second-order valence-electron chi connectivity index (χ2n) is 3.85. The van der Waals surface area contributed by atoms with E-state index in [2.05, 4.69) is 13.8 Å². The van der Waals surface area contributed by atoms with Gasteiger partial charge in [0, 0.05) is 0 Å². The van der Waals surface area contributed by atoms with E-state index in [9.17, 15) is 0 Å². The fourth-order valence-electron chi connectivity index (χ4n) is 1.74. The molecule has 1 rings (SSSR count). The molecule has 0 aliphatic carbocycles. The van der Waals surface area contributed by atoms with Gasteiger partial charge >= 0.3 is 0 Å². The molecule has 1 aliphatic rings. The normalized spacial score (nSPS) is 27.5. The van der Waals surface area contributed by atoms with Crippen molar-refractivity contribution in [1.29, 1.82) is 0 Å². The minimum Gasteiger partial charge on any atom is -0.370 e. The van der Waals surface area contributed by atoms with E-state index >= 15 is 0 Å². The van der Waals surface area contributed by atoms with Crippen molar-refractivity contribution in [3.8, 4) is 0 Å². The second kappa shape index (κ2) is 5.58. The number of hydrogen-bond acceptors (Lipinski definition) is 1.